The highest BCUT2D eigenvalue weighted by molar-refractivity contribution is 9.10. The quantitative estimate of drug-likeness (QED) is 0.779. The van der Waals surface area contributed by atoms with Crippen LogP contribution in [0.25, 0.3) is 0 Å². The van der Waals surface area contributed by atoms with Gasteiger partial charge in [-0.2, -0.15) is 0 Å². The molecule has 0 bridgehead atoms. The van der Waals surface area contributed by atoms with E-state index in [1.165, 1.54) is 4.88 Å². The monoisotopic (exact) mass is 380 g/mol. The normalized spacial score (nSPS) is 12.4. The Bertz CT molecular complexity index is 583. The molecule has 2 aromatic rings. The Morgan fingerprint density at radius 2 is 2.05 bits per heavy atom. The molecule has 1 aromatic heterocycles. The van der Waals surface area contributed by atoms with E-state index in [1.807, 2.05) is 37.3 Å². The first-order chi connectivity index (χ1) is 10.6. The number of nitrogens with one attached hydrogen (secondary N) is 1. The van der Waals surface area contributed by atoms with Crippen molar-refractivity contribution in [1.82, 2.24) is 10.2 Å². The summed E-state index contributed by atoms with van der Waals surface area (Å²) in [6.07, 6.45) is 0. The fourth-order valence-corrected chi connectivity index (χ4v) is 3.24. The minimum absolute atomic E-state index is 0.0149. The maximum Gasteiger partial charge on any atom is 0.234 e. The Balaban J connectivity index is 1.86. The number of carbonyl (C=O) groups is 1. The lowest BCUT2D eigenvalue weighted by Crippen LogP contribution is -2.37. The van der Waals surface area contributed by atoms with Gasteiger partial charge in [-0.25, -0.2) is 0 Å². The van der Waals surface area contributed by atoms with E-state index in [1.54, 1.807) is 11.3 Å². The van der Waals surface area contributed by atoms with Crippen LogP contribution >= 0.6 is 27.3 Å². The van der Waals surface area contributed by atoms with E-state index < -0.39 is 0 Å². The van der Waals surface area contributed by atoms with Gasteiger partial charge in [0.05, 0.1) is 12.6 Å². The zero-order valence-electron chi connectivity index (χ0n) is 12.9. The van der Waals surface area contributed by atoms with E-state index in [4.69, 9.17) is 0 Å². The molecule has 0 saturated carbocycles. The summed E-state index contributed by atoms with van der Waals surface area (Å²) in [5, 5.41) is 5.14. The molecule has 0 aliphatic rings. The van der Waals surface area contributed by atoms with Gasteiger partial charge in [0.1, 0.15) is 0 Å². The van der Waals surface area contributed by atoms with Gasteiger partial charge in [-0.15, -0.1) is 11.3 Å². The van der Waals surface area contributed by atoms with E-state index in [0.717, 1.165) is 23.1 Å². The molecule has 0 spiro atoms. The van der Waals surface area contributed by atoms with Crippen LogP contribution in [0.1, 0.15) is 30.3 Å². The number of nitrogens with zero attached hydrogens (tertiary/aromatic N) is 1. The first-order valence-corrected chi connectivity index (χ1v) is 9.05. The summed E-state index contributed by atoms with van der Waals surface area (Å²) in [7, 11) is 0. The molecule has 1 atom stereocenters. The van der Waals surface area contributed by atoms with Crippen molar-refractivity contribution >= 4 is 33.2 Å². The summed E-state index contributed by atoms with van der Waals surface area (Å²) in [5.41, 5.74) is 1.11. The van der Waals surface area contributed by atoms with Gasteiger partial charge in [0.15, 0.2) is 0 Å². The van der Waals surface area contributed by atoms with E-state index in [-0.39, 0.29) is 11.9 Å². The predicted molar refractivity (Wildman–Crippen MR) is 96.0 cm³/mol. The Morgan fingerprint density at radius 3 is 2.64 bits per heavy atom. The van der Waals surface area contributed by atoms with Crippen LogP contribution in [0.3, 0.4) is 0 Å². The zero-order chi connectivity index (χ0) is 15.9. The second kappa shape index (κ2) is 8.46. The van der Waals surface area contributed by atoms with Gasteiger partial charge < -0.3 is 5.32 Å². The van der Waals surface area contributed by atoms with Crippen molar-refractivity contribution < 1.29 is 4.79 Å². The number of likely N-dealkylation sites (N-methyl/N-ethyl adjacent to an activating group) is 1. The third-order valence-electron chi connectivity index (χ3n) is 3.52. The Hall–Kier alpha value is -1.17. The topological polar surface area (TPSA) is 32.3 Å². The minimum atomic E-state index is 0.0149. The molecule has 5 heteroatoms. The molecule has 1 N–H and O–H groups in total. The van der Waals surface area contributed by atoms with Crippen molar-refractivity contribution in [2.75, 3.05) is 13.1 Å². The summed E-state index contributed by atoms with van der Waals surface area (Å²) in [6, 6.07) is 12.2. The van der Waals surface area contributed by atoms with Crippen LogP contribution in [-0.4, -0.2) is 23.9 Å². The average Bonchev–Trinajstić information content (AvgIpc) is 3.00. The van der Waals surface area contributed by atoms with E-state index in [9.17, 15) is 4.79 Å². The second-order valence-corrected chi connectivity index (χ2v) is 7.17. The zero-order valence-corrected chi connectivity index (χ0v) is 15.3. The third kappa shape index (κ3) is 5.23. The second-order valence-electron chi connectivity index (χ2n) is 5.22. The summed E-state index contributed by atoms with van der Waals surface area (Å²) < 4.78 is 1.04. The Kier molecular flexibility index (Phi) is 6.61. The molecule has 0 saturated heterocycles. The Morgan fingerprint density at radius 1 is 1.32 bits per heavy atom. The highest BCUT2D eigenvalue weighted by Crippen LogP contribution is 2.16. The summed E-state index contributed by atoms with van der Waals surface area (Å²) in [5.74, 6) is 0.0637. The summed E-state index contributed by atoms with van der Waals surface area (Å²) in [6.45, 7) is 6.21. The molecule has 0 aliphatic heterocycles. The van der Waals surface area contributed by atoms with Crippen molar-refractivity contribution in [2.24, 2.45) is 0 Å². The molecular formula is C17H21BrN2OS. The smallest absolute Gasteiger partial charge is 0.234 e. The van der Waals surface area contributed by atoms with E-state index in [0.29, 0.717) is 6.54 Å². The van der Waals surface area contributed by atoms with Gasteiger partial charge in [0.25, 0.3) is 0 Å². The molecule has 0 aliphatic carbocycles. The van der Waals surface area contributed by atoms with Crippen LogP contribution in [0.5, 0.6) is 0 Å². The predicted octanol–water partition coefficient (Wildman–Crippen LogP) is 4.21. The van der Waals surface area contributed by atoms with Crippen molar-refractivity contribution in [1.29, 1.82) is 0 Å². The summed E-state index contributed by atoms with van der Waals surface area (Å²) in [4.78, 5) is 15.7. The fourth-order valence-electron chi connectivity index (χ4n) is 2.23. The minimum Gasteiger partial charge on any atom is -0.348 e. The number of hydrogen-bond donors (Lipinski definition) is 1. The number of amides is 1. The van der Waals surface area contributed by atoms with Crippen LogP contribution < -0.4 is 5.32 Å². The van der Waals surface area contributed by atoms with E-state index >= 15 is 0 Å². The van der Waals surface area contributed by atoms with Gasteiger partial charge in [-0.3, -0.25) is 9.69 Å². The number of rotatable bonds is 7. The van der Waals surface area contributed by atoms with Crippen LogP contribution in [0.2, 0.25) is 0 Å². The third-order valence-corrected chi connectivity index (χ3v) is 4.91. The van der Waals surface area contributed by atoms with Gasteiger partial charge in [0, 0.05) is 15.9 Å². The highest BCUT2D eigenvalue weighted by Gasteiger charge is 2.13. The fraction of sp³-hybridized carbons (Fsp3) is 0.353. The van der Waals surface area contributed by atoms with Gasteiger partial charge in [-0.05, 0) is 42.6 Å². The lowest BCUT2D eigenvalue weighted by Gasteiger charge is -2.21. The molecule has 1 heterocycles. The first-order valence-electron chi connectivity index (χ1n) is 7.38. The number of thiophene rings is 1. The molecule has 22 heavy (non-hydrogen) atoms. The van der Waals surface area contributed by atoms with Gasteiger partial charge in [0.2, 0.25) is 5.91 Å². The number of hydrogen-bond acceptors (Lipinski definition) is 3. The molecular weight excluding hydrogens is 360 g/mol. The lowest BCUT2D eigenvalue weighted by atomic mass is 10.1. The van der Waals surface area contributed by atoms with E-state index in [2.05, 4.69) is 44.5 Å². The van der Waals surface area contributed by atoms with Crippen molar-refractivity contribution in [2.45, 2.75) is 26.4 Å². The van der Waals surface area contributed by atoms with Crippen LogP contribution in [0.15, 0.2) is 46.3 Å². The maximum absolute atomic E-state index is 12.2. The molecule has 0 fully saturated rings. The van der Waals surface area contributed by atoms with Gasteiger partial charge >= 0.3 is 0 Å². The molecule has 118 valence electrons. The van der Waals surface area contributed by atoms with Crippen LogP contribution in [-0.2, 0) is 11.3 Å². The van der Waals surface area contributed by atoms with Crippen LogP contribution in [0.4, 0.5) is 0 Å². The first kappa shape index (κ1) is 17.2. The lowest BCUT2D eigenvalue weighted by molar-refractivity contribution is -0.123. The largest absolute Gasteiger partial charge is 0.348 e. The van der Waals surface area contributed by atoms with Crippen LogP contribution in [0, 0.1) is 0 Å². The molecule has 1 amide bonds. The molecule has 2 rings (SSSR count). The molecule has 3 nitrogen and oxygen atoms in total. The Labute approximate surface area is 144 Å². The van der Waals surface area contributed by atoms with Crippen molar-refractivity contribution in [3.05, 3.63) is 56.7 Å². The molecule has 1 aromatic carbocycles. The number of benzene rings is 1. The number of halogens is 1. The highest BCUT2D eigenvalue weighted by atomic mass is 79.9. The average molecular weight is 381 g/mol. The molecule has 0 radical (unpaired) electrons. The number of carbonyl (C=O) groups excluding carboxylic acids is 1. The summed E-state index contributed by atoms with van der Waals surface area (Å²) >= 11 is 5.15. The maximum atomic E-state index is 12.2. The van der Waals surface area contributed by atoms with Crippen molar-refractivity contribution in [3.8, 4) is 0 Å². The SMILES string of the molecule is CCN(CC(=O)N[C@@H](C)c1ccc(Br)cc1)Cc1cccs1. The van der Waals surface area contributed by atoms with Gasteiger partial charge in [-0.1, -0.05) is 41.1 Å². The van der Waals surface area contributed by atoms with Crippen molar-refractivity contribution in [3.63, 3.8) is 0 Å². The standard InChI is InChI=1S/C17H21BrN2OS/c1-3-20(11-16-5-4-10-22-16)12-17(21)19-13(2)14-6-8-15(18)9-7-14/h4-10,13H,3,11-12H2,1-2H3,(H,19,21)/t13-/m0/s1. The molecule has 0 unspecified atom stereocenters.